The highest BCUT2D eigenvalue weighted by Crippen LogP contribution is 2.24. The molecule has 2 heterocycles. The van der Waals surface area contributed by atoms with Crippen LogP contribution in [0.3, 0.4) is 0 Å². The van der Waals surface area contributed by atoms with Crippen LogP contribution in [0.25, 0.3) is 0 Å². The highest BCUT2D eigenvalue weighted by Gasteiger charge is 2.25. The van der Waals surface area contributed by atoms with Crippen molar-refractivity contribution in [3.63, 3.8) is 0 Å². The maximum Gasteiger partial charge on any atom is 0.236 e. The summed E-state index contributed by atoms with van der Waals surface area (Å²) in [6, 6.07) is 2.54. The Morgan fingerprint density at radius 2 is 1.96 bits per heavy atom. The standard InChI is InChI=1S/C19H26F2N2O3/c1-25-19-16(20)9-14(10-17(19)21)11-22(12-15-5-4-8-26-15)13-18(24)23-6-2-3-7-23/h9-10,15H,2-8,11-13H2,1H3/t15-/m0/s1. The normalized spacial score (nSPS) is 20.2. The fraction of sp³-hybridized carbons (Fsp3) is 0.632. The molecular weight excluding hydrogens is 342 g/mol. The van der Waals surface area contributed by atoms with Crippen molar-refractivity contribution < 1.29 is 23.0 Å². The van der Waals surface area contributed by atoms with E-state index in [1.807, 2.05) is 9.80 Å². The lowest BCUT2D eigenvalue weighted by Gasteiger charge is -2.27. The molecule has 3 rings (SSSR count). The molecule has 0 aromatic heterocycles. The average Bonchev–Trinajstić information content (AvgIpc) is 3.28. The third-order valence-corrected chi connectivity index (χ3v) is 4.97. The fourth-order valence-corrected chi connectivity index (χ4v) is 3.68. The second-order valence-corrected chi connectivity index (χ2v) is 6.99. The van der Waals surface area contributed by atoms with Crippen molar-refractivity contribution in [2.75, 3.05) is 39.9 Å². The Bertz CT molecular complexity index is 606. The Balaban J connectivity index is 1.70. The molecule has 0 unspecified atom stereocenters. The molecule has 1 atom stereocenters. The SMILES string of the molecule is COc1c(F)cc(CN(CC(=O)N2CCCC2)C[C@@H]2CCCO2)cc1F. The van der Waals surface area contributed by atoms with Crippen LogP contribution in [0.15, 0.2) is 12.1 Å². The van der Waals surface area contributed by atoms with Crippen LogP contribution in [-0.2, 0) is 16.1 Å². The van der Waals surface area contributed by atoms with Crippen molar-refractivity contribution in [1.82, 2.24) is 9.80 Å². The lowest BCUT2D eigenvalue weighted by Crippen LogP contribution is -2.41. The van der Waals surface area contributed by atoms with Crippen LogP contribution in [0.2, 0.25) is 0 Å². The molecule has 2 aliphatic heterocycles. The molecule has 0 saturated carbocycles. The number of benzene rings is 1. The van der Waals surface area contributed by atoms with Gasteiger partial charge in [0.15, 0.2) is 17.4 Å². The van der Waals surface area contributed by atoms with Crippen LogP contribution >= 0.6 is 0 Å². The van der Waals surface area contributed by atoms with Gasteiger partial charge in [0.1, 0.15) is 0 Å². The quantitative estimate of drug-likeness (QED) is 0.742. The Morgan fingerprint density at radius 3 is 2.54 bits per heavy atom. The molecule has 144 valence electrons. The van der Waals surface area contributed by atoms with Crippen molar-refractivity contribution >= 4 is 5.91 Å². The maximum atomic E-state index is 14.0. The number of hydrogen-bond acceptors (Lipinski definition) is 4. The van der Waals surface area contributed by atoms with E-state index in [0.717, 1.165) is 45.4 Å². The molecule has 5 nitrogen and oxygen atoms in total. The summed E-state index contributed by atoms with van der Waals surface area (Å²) in [7, 11) is 1.24. The zero-order valence-corrected chi connectivity index (χ0v) is 15.2. The largest absolute Gasteiger partial charge is 0.491 e. The molecule has 1 aromatic rings. The van der Waals surface area contributed by atoms with E-state index in [-0.39, 0.29) is 30.9 Å². The van der Waals surface area contributed by atoms with Crippen LogP contribution in [0, 0.1) is 11.6 Å². The van der Waals surface area contributed by atoms with Gasteiger partial charge < -0.3 is 14.4 Å². The maximum absolute atomic E-state index is 14.0. The first-order valence-electron chi connectivity index (χ1n) is 9.20. The van der Waals surface area contributed by atoms with Gasteiger partial charge in [0.2, 0.25) is 5.91 Å². The van der Waals surface area contributed by atoms with Gasteiger partial charge in [0, 0.05) is 32.8 Å². The zero-order valence-electron chi connectivity index (χ0n) is 15.2. The van der Waals surface area contributed by atoms with Crippen molar-refractivity contribution in [2.24, 2.45) is 0 Å². The molecule has 7 heteroatoms. The monoisotopic (exact) mass is 368 g/mol. The van der Waals surface area contributed by atoms with Crippen molar-refractivity contribution in [1.29, 1.82) is 0 Å². The number of halogens is 2. The number of likely N-dealkylation sites (tertiary alicyclic amines) is 1. The summed E-state index contributed by atoms with van der Waals surface area (Å²) in [6.07, 6.45) is 4.08. The van der Waals surface area contributed by atoms with Crippen LogP contribution < -0.4 is 4.74 Å². The summed E-state index contributed by atoms with van der Waals surface area (Å²) in [5.41, 5.74) is 0.480. The average molecular weight is 368 g/mol. The minimum absolute atomic E-state index is 0.0642. The molecular formula is C19H26F2N2O3. The van der Waals surface area contributed by atoms with Crippen LogP contribution in [-0.4, -0.2) is 61.7 Å². The Hall–Kier alpha value is -1.73. The summed E-state index contributed by atoms with van der Waals surface area (Å²) < 4.78 is 38.4. The molecule has 2 saturated heterocycles. The fourth-order valence-electron chi connectivity index (χ4n) is 3.68. The van der Waals surface area contributed by atoms with Gasteiger partial charge >= 0.3 is 0 Å². The van der Waals surface area contributed by atoms with Gasteiger partial charge in [-0.25, -0.2) is 8.78 Å². The van der Waals surface area contributed by atoms with Gasteiger partial charge in [-0.3, -0.25) is 9.69 Å². The lowest BCUT2D eigenvalue weighted by atomic mass is 10.1. The number of rotatable bonds is 7. The van der Waals surface area contributed by atoms with Crippen molar-refractivity contribution in [2.45, 2.75) is 38.3 Å². The number of hydrogen-bond donors (Lipinski definition) is 0. The third-order valence-electron chi connectivity index (χ3n) is 4.97. The van der Waals surface area contributed by atoms with Gasteiger partial charge in [0.25, 0.3) is 0 Å². The van der Waals surface area contributed by atoms with Crippen molar-refractivity contribution in [3.8, 4) is 5.75 Å². The Kier molecular flexibility index (Phi) is 6.43. The first kappa shape index (κ1) is 19.0. The van der Waals surface area contributed by atoms with E-state index >= 15 is 0 Å². The summed E-state index contributed by atoms with van der Waals surface area (Å²) in [4.78, 5) is 16.3. The number of carbonyl (C=O) groups is 1. The van der Waals surface area contributed by atoms with Gasteiger partial charge in [-0.2, -0.15) is 0 Å². The molecule has 26 heavy (non-hydrogen) atoms. The number of methoxy groups -OCH3 is 1. The molecule has 1 aromatic carbocycles. The topological polar surface area (TPSA) is 42.0 Å². The Labute approximate surface area is 152 Å². The van der Waals surface area contributed by atoms with Crippen molar-refractivity contribution in [3.05, 3.63) is 29.3 Å². The highest BCUT2D eigenvalue weighted by atomic mass is 19.1. The zero-order chi connectivity index (χ0) is 18.5. The van der Waals surface area contributed by atoms with Crippen LogP contribution in [0.4, 0.5) is 8.78 Å². The second kappa shape index (κ2) is 8.77. The first-order valence-corrected chi connectivity index (χ1v) is 9.20. The molecule has 1 amide bonds. The summed E-state index contributed by atoms with van der Waals surface area (Å²) in [5.74, 6) is -1.78. The minimum Gasteiger partial charge on any atom is -0.491 e. The predicted octanol–water partition coefficient (Wildman–Crippen LogP) is 2.58. The van der Waals surface area contributed by atoms with Gasteiger partial charge in [0.05, 0.1) is 19.8 Å². The van der Waals surface area contributed by atoms with Gasteiger partial charge in [-0.1, -0.05) is 0 Å². The summed E-state index contributed by atoms with van der Waals surface area (Å²) in [6.45, 7) is 3.41. The lowest BCUT2D eigenvalue weighted by molar-refractivity contribution is -0.131. The molecule has 0 aliphatic carbocycles. The molecule has 0 spiro atoms. The number of ether oxygens (including phenoxy) is 2. The summed E-state index contributed by atoms with van der Waals surface area (Å²) in [5, 5.41) is 0. The Morgan fingerprint density at radius 1 is 1.27 bits per heavy atom. The first-order chi connectivity index (χ1) is 12.6. The van der Waals surface area contributed by atoms with E-state index < -0.39 is 11.6 Å². The van der Waals surface area contributed by atoms with E-state index in [9.17, 15) is 13.6 Å². The minimum atomic E-state index is -0.731. The highest BCUT2D eigenvalue weighted by molar-refractivity contribution is 5.78. The van der Waals surface area contributed by atoms with E-state index in [1.165, 1.54) is 19.2 Å². The van der Waals surface area contributed by atoms with E-state index in [4.69, 9.17) is 9.47 Å². The third kappa shape index (κ3) is 4.71. The van der Waals surface area contributed by atoms with Crippen LogP contribution in [0.5, 0.6) is 5.75 Å². The molecule has 0 N–H and O–H groups in total. The molecule has 0 radical (unpaired) electrons. The second-order valence-electron chi connectivity index (χ2n) is 6.99. The van der Waals surface area contributed by atoms with E-state index in [2.05, 4.69) is 0 Å². The van der Waals surface area contributed by atoms with Crippen LogP contribution in [0.1, 0.15) is 31.2 Å². The smallest absolute Gasteiger partial charge is 0.236 e. The van der Waals surface area contributed by atoms with Gasteiger partial charge in [-0.15, -0.1) is 0 Å². The van der Waals surface area contributed by atoms with Gasteiger partial charge in [-0.05, 0) is 43.4 Å². The number of nitrogens with zero attached hydrogens (tertiary/aromatic N) is 2. The number of amides is 1. The summed E-state index contributed by atoms with van der Waals surface area (Å²) >= 11 is 0. The molecule has 2 aliphatic rings. The molecule has 2 fully saturated rings. The molecule has 0 bridgehead atoms. The van der Waals surface area contributed by atoms with E-state index in [1.54, 1.807) is 0 Å². The predicted molar refractivity (Wildman–Crippen MR) is 93.0 cm³/mol. The van der Waals surface area contributed by atoms with E-state index in [0.29, 0.717) is 12.1 Å². The number of carbonyl (C=O) groups excluding carboxylic acids is 1.